The largest absolute Gasteiger partial charge is 0.370 e. The summed E-state index contributed by atoms with van der Waals surface area (Å²) >= 11 is 0. The number of aromatic nitrogens is 2. The van der Waals surface area contributed by atoms with E-state index in [0.29, 0.717) is 0 Å². The Morgan fingerprint density at radius 1 is 1.13 bits per heavy atom. The van der Waals surface area contributed by atoms with E-state index in [1.54, 1.807) is 6.33 Å². The second kappa shape index (κ2) is 6.26. The molecule has 0 aliphatic carbocycles. The van der Waals surface area contributed by atoms with E-state index in [1.807, 2.05) is 6.07 Å². The molecule has 2 aliphatic rings. The topological polar surface area (TPSA) is 41.5 Å². The standard InChI is InChI=1S/C18H22N4O/c1-21-8-7-16-15(11-21)18(20-13-19-16)22-9-10-23-17(12-22)14-5-3-2-4-6-14/h2-6,13,17H,7-12H2,1H3. The molecule has 4 rings (SSSR count). The second-order valence-corrected chi connectivity index (χ2v) is 6.33. The first-order chi connectivity index (χ1) is 11.3. The highest BCUT2D eigenvalue weighted by Crippen LogP contribution is 2.29. The summed E-state index contributed by atoms with van der Waals surface area (Å²) in [5.74, 6) is 1.09. The first-order valence-corrected chi connectivity index (χ1v) is 8.24. The van der Waals surface area contributed by atoms with Crippen molar-refractivity contribution in [3.8, 4) is 0 Å². The molecule has 120 valence electrons. The molecule has 1 aromatic carbocycles. The van der Waals surface area contributed by atoms with Crippen molar-refractivity contribution in [3.63, 3.8) is 0 Å². The summed E-state index contributed by atoms with van der Waals surface area (Å²) < 4.78 is 5.99. The van der Waals surface area contributed by atoms with Crippen molar-refractivity contribution in [2.24, 2.45) is 0 Å². The van der Waals surface area contributed by atoms with Gasteiger partial charge >= 0.3 is 0 Å². The van der Waals surface area contributed by atoms with Crippen LogP contribution in [0.3, 0.4) is 0 Å². The smallest absolute Gasteiger partial charge is 0.136 e. The normalized spacial score (nSPS) is 22.0. The highest BCUT2D eigenvalue weighted by Gasteiger charge is 2.27. The molecule has 1 aromatic heterocycles. The molecule has 0 bridgehead atoms. The van der Waals surface area contributed by atoms with E-state index in [9.17, 15) is 0 Å². The lowest BCUT2D eigenvalue weighted by molar-refractivity contribution is 0.0394. The fourth-order valence-corrected chi connectivity index (χ4v) is 3.44. The number of nitrogens with zero attached hydrogens (tertiary/aromatic N) is 4. The summed E-state index contributed by atoms with van der Waals surface area (Å²) in [6, 6.07) is 10.5. The van der Waals surface area contributed by atoms with Gasteiger partial charge in [0.2, 0.25) is 0 Å². The highest BCUT2D eigenvalue weighted by molar-refractivity contribution is 5.50. The average molecular weight is 310 g/mol. The number of rotatable bonds is 2. The lowest BCUT2D eigenvalue weighted by atomic mass is 10.0. The average Bonchev–Trinajstić information content (AvgIpc) is 2.62. The molecule has 2 aliphatic heterocycles. The van der Waals surface area contributed by atoms with Crippen molar-refractivity contribution in [1.82, 2.24) is 14.9 Å². The summed E-state index contributed by atoms with van der Waals surface area (Å²) in [4.78, 5) is 13.8. The van der Waals surface area contributed by atoms with E-state index >= 15 is 0 Å². The van der Waals surface area contributed by atoms with E-state index in [0.717, 1.165) is 45.0 Å². The summed E-state index contributed by atoms with van der Waals surface area (Å²) in [5, 5.41) is 0. The predicted molar refractivity (Wildman–Crippen MR) is 89.4 cm³/mol. The van der Waals surface area contributed by atoms with Crippen LogP contribution >= 0.6 is 0 Å². The third kappa shape index (κ3) is 2.94. The SMILES string of the molecule is CN1CCc2ncnc(N3CCOC(c4ccccc4)C3)c2C1. The fourth-order valence-electron chi connectivity index (χ4n) is 3.44. The number of anilines is 1. The van der Waals surface area contributed by atoms with E-state index in [1.165, 1.54) is 16.8 Å². The molecule has 5 nitrogen and oxygen atoms in total. The quantitative estimate of drug-likeness (QED) is 0.849. The summed E-state index contributed by atoms with van der Waals surface area (Å²) in [6.07, 6.45) is 2.83. The fraction of sp³-hybridized carbons (Fsp3) is 0.444. The second-order valence-electron chi connectivity index (χ2n) is 6.33. The third-order valence-electron chi connectivity index (χ3n) is 4.71. The van der Waals surface area contributed by atoms with Gasteiger partial charge in [-0.15, -0.1) is 0 Å². The Bertz CT molecular complexity index is 676. The van der Waals surface area contributed by atoms with Crippen LogP contribution < -0.4 is 4.90 Å². The molecule has 3 heterocycles. The van der Waals surface area contributed by atoms with E-state index in [2.05, 4.69) is 51.1 Å². The van der Waals surface area contributed by atoms with Crippen molar-refractivity contribution in [2.75, 3.05) is 38.2 Å². The molecular weight excluding hydrogens is 288 g/mol. The Balaban J connectivity index is 1.61. The maximum Gasteiger partial charge on any atom is 0.136 e. The number of benzene rings is 1. The van der Waals surface area contributed by atoms with Gasteiger partial charge in [-0.2, -0.15) is 0 Å². The van der Waals surface area contributed by atoms with Gasteiger partial charge in [-0.05, 0) is 12.6 Å². The number of ether oxygens (including phenoxy) is 1. The molecule has 0 saturated carbocycles. The number of hydrogen-bond donors (Lipinski definition) is 0. The zero-order valence-electron chi connectivity index (χ0n) is 13.5. The van der Waals surface area contributed by atoms with Crippen molar-refractivity contribution in [1.29, 1.82) is 0 Å². The first kappa shape index (κ1) is 14.6. The van der Waals surface area contributed by atoms with E-state index in [4.69, 9.17) is 4.74 Å². The van der Waals surface area contributed by atoms with Crippen molar-refractivity contribution in [2.45, 2.75) is 19.1 Å². The van der Waals surface area contributed by atoms with Gasteiger partial charge in [0.15, 0.2) is 0 Å². The summed E-state index contributed by atoms with van der Waals surface area (Å²) in [5.41, 5.74) is 3.73. The summed E-state index contributed by atoms with van der Waals surface area (Å²) in [7, 11) is 2.16. The molecule has 1 atom stereocenters. The Morgan fingerprint density at radius 3 is 2.87 bits per heavy atom. The molecule has 2 aromatic rings. The van der Waals surface area contributed by atoms with Crippen molar-refractivity contribution >= 4 is 5.82 Å². The van der Waals surface area contributed by atoms with Crippen LogP contribution in [0.25, 0.3) is 0 Å². The molecule has 0 amide bonds. The highest BCUT2D eigenvalue weighted by atomic mass is 16.5. The Morgan fingerprint density at radius 2 is 2.00 bits per heavy atom. The van der Waals surface area contributed by atoms with Crippen LogP contribution in [0.2, 0.25) is 0 Å². The number of hydrogen-bond acceptors (Lipinski definition) is 5. The minimum absolute atomic E-state index is 0.108. The van der Waals surface area contributed by atoms with Gasteiger partial charge in [-0.3, -0.25) is 0 Å². The van der Waals surface area contributed by atoms with Gasteiger partial charge in [0.05, 0.1) is 12.3 Å². The minimum atomic E-state index is 0.108. The molecule has 5 heteroatoms. The first-order valence-electron chi connectivity index (χ1n) is 8.24. The number of fused-ring (bicyclic) bond motifs is 1. The van der Waals surface area contributed by atoms with Crippen LogP contribution in [-0.4, -0.2) is 48.2 Å². The monoisotopic (exact) mass is 310 g/mol. The van der Waals surface area contributed by atoms with Gasteiger partial charge in [-0.1, -0.05) is 30.3 Å². The molecule has 0 radical (unpaired) electrons. The molecule has 1 fully saturated rings. The zero-order chi connectivity index (χ0) is 15.6. The van der Waals surface area contributed by atoms with Crippen LogP contribution in [0.4, 0.5) is 5.82 Å². The van der Waals surface area contributed by atoms with Crippen LogP contribution in [0.1, 0.15) is 22.9 Å². The minimum Gasteiger partial charge on any atom is -0.370 e. The molecule has 0 N–H and O–H groups in total. The predicted octanol–water partition coefficient (Wildman–Crippen LogP) is 2.04. The lowest BCUT2D eigenvalue weighted by Crippen LogP contribution is -2.40. The van der Waals surface area contributed by atoms with Crippen LogP contribution in [0.5, 0.6) is 0 Å². The molecule has 1 unspecified atom stereocenters. The van der Waals surface area contributed by atoms with Gasteiger partial charge in [0.25, 0.3) is 0 Å². The Labute approximate surface area is 136 Å². The maximum absolute atomic E-state index is 5.99. The lowest BCUT2D eigenvalue weighted by Gasteiger charge is -2.36. The van der Waals surface area contributed by atoms with E-state index < -0.39 is 0 Å². The number of likely N-dealkylation sites (N-methyl/N-ethyl adjacent to an activating group) is 1. The van der Waals surface area contributed by atoms with Crippen molar-refractivity contribution in [3.05, 3.63) is 53.5 Å². The molecule has 1 saturated heterocycles. The Kier molecular flexibility index (Phi) is 3.97. The zero-order valence-corrected chi connectivity index (χ0v) is 13.5. The van der Waals surface area contributed by atoms with Gasteiger partial charge in [-0.25, -0.2) is 9.97 Å². The molecule has 23 heavy (non-hydrogen) atoms. The van der Waals surface area contributed by atoms with Crippen LogP contribution in [0.15, 0.2) is 36.7 Å². The molecular formula is C18H22N4O. The van der Waals surface area contributed by atoms with Crippen molar-refractivity contribution < 1.29 is 4.74 Å². The van der Waals surface area contributed by atoms with Crippen LogP contribution in [-0.2, 0) is 17.7 Å². The maximum atomic E-state index is 5.99. The third-order valence-corrected chi connectivity index (χ3v) is 4.71. The van der Waals surface area contributed by atoms with Gasteiger partial charge in [0.1, 0.15) is 18.2 Å². The van der Waals surface area contributed by atoms with Crippen LogP contribution in [0, 0.1) is 0 Å². The number of morpholine rings is 1. The van der Waals surface area contributed by atoms with E-state index in [-0.39, 0.29) is 6.10 Å². The molecule has 0 spiro atoms. The van der Waals surface area contributed by atoms with Gasteiger partial charge in [0, 0.05) is 38.2 Å². The summed E-state index contributed by atoms with van der Waals surface area (Å²) in [6.45, 7) is 4.46. The Hall–Kier alpha value is -1.98. The van der Waals surface area contributed by atoms with Gasteiger partial charge < -0.3 is 14.5 Å².